The second kappa shape index (κ2) is 10.3. The Hall–Kier alpha value is -4.29. The second-order valence-electron chi connectivity index (χ2n) is 6.65. The first kappa shape index (κ1) is 23.4. The summed E-state index contributed by atoms with van der Waals surface area (Å²) in [4.78, 5) is 23.0. The van der Waals surface area contributed by atoms with Gasteiger partial charge in [-0.2, -0.15) is 5.26 Å². The summed E-state index contributed by atoms with van der Waals surface area (Å²) in [6, 6.07) is 14.0. The monoisotopic (exact) mass is 467 g/mol. The number of benzene rings is 2. The van der Waals surface area contributed by atoms with Gasteiger partial charge < -0.3 is 19.2 Å². The third-order valence-corrected chi connectivity index (χ3v) is 4.97. The van der Waals surface area contributed by atoms with Gasteiger partial charge in [-0.05, 0) is 30.3 Å². The molecule has 1 heterocycles. The summed E-state index contributed by atoms with van der Waals surface area (Å²) < 4.78 is 16.1. The summed E-state index contributed by atoms with van der Waals surface area (Å²) in [6.45, 7) is 0.123. The van der Waals surface area contributed by atoms with Crippen molar-refractivity contribution in [1.29, 1.82) is 5.26 Å². The highest BCUT2D eigenvalue weighted by Crippen LogP contribution is 2.33. The number of nitro benzene ring substituents is 1. The molecule has 0 unspecified atom stereocenters. The first-order valence-electron chi connectivity index (χ1n) is 9.51. The van der Waals surface area contributed by atoms with E-state index in [1.54, 1.807) is 24.3 Å². The average Bonchev–Trinajstić information content (AvgIpc) is 3.29. The molecule has 0 aliphatic rings. The van der Waals surface area contributed by atoms with Crippen molar-refractivity contribution in [1.82, 2.24) is 5.32 Å². The van der Waals surface area contributed by atoms with Crippen LogP contribution in [-0.4, -0.2) is 25.1 Å². The molecule has 3 rings (SSSR count). The number of nitrogens with one attached hydrogen (secondary N) is 1. The molecule has 0 atom stereocenters. The van der Waals surface area contributed by atoms with Crippen molar-refractivity contribution >= 4 is 29.3 Å². The molecule has 3 aromatic rings. The lowest BCUT2D eigenvalue weighted by atomic mass is 10.1. The number of carbonyl (C=O) groups is 1. The van der Waals surface area contributed by atoms with Gasteiger partial charge in [-0.3, -0.25) is 14.9 Å². The number of hydrogen-bond acceptors (Lipinski definition) is 7. The van der Waals surface area contributed by atoms with E-state index in [2.05, 4.69) is 5.32 Å². The number of carbonyl (C=O) groups excluding carboxylic acids is 1. The highest BCUT2D eigenvalue weighted by Gasteiger charge is 2.16. The number of methoxy groups -OCH3 is 2. The van der Waals surface area contributed by atoms with Crippen molar-refractivity contribution in [2.24, 2.45) is 0 Å². The maximum Gasteiger partial charge on any atom is 0.270 e. The number of nitro groups is 1. The van der Waals surface area contributed by atoms with E-state index in [1.807, 2.05) is 6.07 Å². The molecule has 0 fully saturated rings. The molecule has 2 aromatic carbocycles. The van der Waals surface area contributed by atoms with Gasteiger partial charge in [0, 0.05) is 41.9 Å². The Balaban J connectivity index is 1.77. The minimum atomic E-state index is -0.610. The number of furan rings is 1. The second-order valence-corrected chi connectivity index (χ2v) is 7.06. The molecule has 0 spiro atoms. The first-order chi connectivity index (χ1) is 15.9. The van der Waals surface area contributed by atoms with Crippen molar-refractivity contribution in [3.05, 3.63) is 80.6 Å². The third kappa shape index (κ3) is 5.50. The number of rotatable bonds is 8. The van der Waals surface area contributed by atoms with Gasteiger partial charge in [0.15, 0.2) is 0 Å². The minimum absolute atomic E-state index is 0.123. The van der Waals surface area contributed by atoms with Gasteiger partial charge >= 0.3 is 0 Å². The van der Waals surface area contributed by atoms with Crippen molar-refractivity contribution in [3.8, 4) is 28.9 Å². The lowest BCUT2D eigenvalue weighted by molar-refractivity contribution is -0.384. The van der Waals surface area contributed by atoms with Crippen LogP contribution in [0.15, 0.2) is 58.5 Å². The molecule has 0 radical (unpaired) electrons. The van der Waals surface area contributed by atoms with Crippen LogP contribution >= 0.6 is 11.6 Å². The summed E-state index contributed by atoms with van der Waals surface area (Å²) in [7, 11) is 3.04. The van der Waals surface area contributed by atoms with E-state index in [0.717, 1.165) is 0 Å². The molecule has 168 valence electrons. The number of amides is 1. The zero-order valence-corrected chi connectivity index (χ0v) is 18.4. The molecule has 9 nitrogen and oxygen atoms in total. The van der Waals surface area contributed by atoms with E-state index in [9.17, 15) is 20.2 Å². The predicted octanol–water partition coefficient (Wildman–Crippen LogP) is 4.75. The number of ether oxygens (including phenoxy) is 2. The molecule has 0 saturated heterocycles. The zero-order chi connectivity index (χ0) is 24.0. The molecule has 0 aliphatic carbocycles. The van der Waals surface area contributed by atoms with E-state index in [-0.39, 0.29) is 34.3 Å². The molecule has 10 heteroatoms. The maximum absolute atomic E-state index is 12.5. The molecular formula is C23H18ClN3O6. The topological polar surface area (TPSA) is 128 Å². The van der Waals surface area contributed by atoms with Gasteiger partial charge in [-0.25, -0.2) is 0 Å². The van der Waals surface area contributed by atoms with E-state index in [0.29, 0.717) is 22.6 Å². The predicted molar refractivity (Wildman–Crippen MR) is 121 cm³/mol. The number of nitriles is 1. The number of nitrogens with zero attached hydrogens (tertiary/aromatic N) is 2. The Morgan fingerprint density at radius 1 is 1.21 bits per heavy atom. The SMILES string of the molecule is COc1ccc(CNC(=O)/C(C#N)=C/c2ccc(-c3cc([N+](=O)[O-])ccc3Cl)o2)c(OC)c1. The summed E-state index contributed by atoms with van der Waals surface area (Å²) in [5.41, 5.74) is 0.687. The van der Waals surface area contributed by atoms with Crippen molar-refractivity contribution < 1.29 is 23.6 Å². The third-order valence-electron chi connectivity index (χ3n) is 4.64. The van der Waals surface area contributed by atoms with Crippen LogP contribution in [0.4, 0.5) is 5.69 Å². The van der Waals surface area contributed by atoms with Crippen molar-refractivity contribution in [2.45, 2.75) is 6.54 Å². The van der Waals surface area contributed by atoms with E-state index in [1.165, 1.54) is 44.6 Å². The quantitative estimate of drug-likeness (QED) is 0.219. The molecule has 1 amide bonds. The molecule has 33 heavy (non-hydrogen) atoms. The summed E-state index contributed by atoms with van der Waals surface area (Å²) >= 11 is 6.14. The van der Waals surface area contributed by atoms with Crippen LogP contribution in [0.5, 0.6) is 11.5 Å². The van der Waals surface area contributed by atoms with E-state index >= 15 is 0 Å². The van der Waals surface area contributed by atoms with Crippen molar-refractivity contribution in [2.75, 3.05) is 14.2 Å². The molecule has 1 aromatic heterocycles. The molecule has 0 saturated carbocycles. The normalized spacial score (nSPS) is 10.9. The van der Waals surface area contributed by atoms with Gasteiger partial charge in [0.05, 0.1) is 24.2 Å². The lowest BCUT2D eigenvalue weighted by Gasteiger charge is -2.11. The maximum atomic E-state index is 12.5. The van der Waals surface area contributed by atoms with Gasteiger partial charge in [0.25, 0.3) is 11.6 Å². The van der Waals surface area contributed by atoms with Crippen molar-refractivity contribution in [3.63, 3.8) is 0 Å². The van der Waals surface area contributed by atoms with Crippen LogP contribution in [-0.2, 0) is 11.3 Å². The zero-order valence-electron chi connectivity index (χ0n) is 17.6. The van der Waals surface area contributed by atoms with Crippen LogP contribution in [0.1, 0.15) is 11.3 Å². The minimum Gasteiger partial charge on any atom is -0.497 e. The van der Waals surface area contributed by atoms with Crippen LogP contribution in [0.3, 0.4) is 0 Å². The smallest absolute Gasteiger partial charge is 0.270 e. The van der Waals surface area contributed by atoms with Crippen LogP contribution in [0, 0.1) is 21.4 Å². The number of hydrogen-bond donors (Lipinski definition) is 1. The van der Waals surface area contributed by atoms with Gasteiger partial charge in [-0.15, -0.1) is 0 Å². The Morgan fingerprint density at radius 3 is 2.67 bits per heavy atom. The number of halogens is 1. The Bertz CT molecular complexity index is 1280. The Labute approximate surface area is 193 Å². The molecular weight excluding hydrogens is 450 g/mol. The largest absolute Gasteiger partial charge is 0.497 e. The Morgan fingerprint density at radius 2 is 2.00 bits per heavy atom. The average molecular weight is 468 g/mol. The summed E-state index contributed by atoms with van der Waals surface area (Å²) in [6.07, 6.45) is 1.27. The molecule has 0 bridgehead atoms. The van der Waals surface area contributed by atoms with Crippen LogP contribution in [0.25, 0.3) is 17.4 Å². The fourth-order valence-corrected chi connectivity index (χ4v) is 3.16. The van der Waals surface area contributed by atoms with Gasteiger partial charge in [-0.1, -0.05) is 11.6 Å². The lowest BCUT2D eigenvalue weighted by Crippen LogP contribution is -2.24. The first-order valence-corrected chi connectivity index (χ1v) is 9.89. The molecule has 0 aliphatic heterocycles. The number of non-ortho nitro benzene ring substituents is 1. The van der Waals surface area contributed by atoms with E-state index in [4.69, 9.17) is 25.5 Å². The van der Waals surface area contributed by atoms with Crippen LogP contribution in [0.2, 0.25) is 5.02 Å². The fraction of sp³-hybridized carbons (Fsp3) is 0.130. The standard InChI is InChI=1S/C23H18ClN3O6/c1-31-17-5-3-14(22(11-17)32-2)13-26-23(28)15(12-25)9-18-6-8-21(33-18)19-10-16(27(29)30)4-7-20(19)24/h3-11H,13H2,1-2H3,(H,26,28)/b15-9+. The van der Waals surface area contributed by atoms with Crippen LogP contribution < -0.4 is 14.8 Å². The van der Waals surface area contributed by atoms with Gasteiger partial charge in [0.2, 0.25) is 0 Å². The molecule has 1 N–H and O–H groups in total. The summed E-state index contributed by atoms with van der Waals surface area (Å²) in [5, 5.41) is 23.4. The highest BCUT2D eigenvalue weighted by molar-refractivity contribution is 6.33. The fourth-order valence-electron chi connectivity index (χ4n) is 2.95. The summed E-state index contributed by atoms with van der Waals surface area (Å²) in [5.74, 6) is 0.997. The Kier molecular flexibility index (Phi) is 7.33. The van der Waals surface area contributed by atoms with E-state index < -0.39 is 10.8 Å². The van der Waals surface area contributed by atoms with Gasteiger partial charge in [0.1, 0.15) is 34.7 Å². The highest BCUT2D eigenvalue weighted by atomic mass is 35.5.